The Morgan fingerprint density at radius 3 is 1.25 bits per heavy atom. The van der Waals surface area contributed by atoms with Gasteiger partial charge in [-0.3, -0.25) is 0 Å². The number of hydrogen-bond acceptors (Lipinski definition) is 1. The Morgan fingerprint density at radius 2 is 1.17 bits per heavy atom. The molecule has 1 aliphatic carbocycles. The van der Waals surface area contributed by atoms with E-state index in [2.05, 4.69) is 41.5 Å². The fourth-order valence-corrected chi connectivity index (χ4v) is 2.28. The summed E-state index contributed by atoms with van der Waals surface area (Å²) in [5, 5.41) is 10.1. The zero-order valence-corrected chi connectivity index (χ0v) is 9.02. The van der Waals surface area contributed by atoms with Crippen LogP contribution in [0.5, 0.6) is 0 Å². The lowest BCUT2D eigenvalue weighted by Gasteiger charge is -2.32. The fraction of sp³-hybridized carbons (Fsp3) is 0.818. The molecule has 0 amide bonds. The van der Waals surface area contributed by atoms with Crippen molar-refractivity contribution in [3.63, 3.8) is 0 Å². The second-order valence-electron chi connectivity index (χ2n) is 5.10. The van der Waals surface area contributed by atoms with Crippen molar-refractivity contribution in [2.45, 2.75) is 47.6 Å². The van der Waals surface area contributed by atoms with Crippen LogP contribution in [0.15, 0.2) is 11.1 Å². The highest BCUT2D eigenvalue weighted by Gasteiger charge is 2.48. The molecule has 0 bridgehead atoms. The number of aliphatic hydroxyl groups excluding tert-OH is 1. The van der Waals surface area contributed by atoms with Crippen molar-refractivity contribution in [3.8, 4) is 0 Å². The number of hydrogen-bond donors (Lipinski definition) is 1. The monoisotopic (exact) mass is 168 g/mol. The van der Waals surface area contributed by atoms with Crippen LogP contribution in [0.25, 0.3) is 0 Å². The summed E-state index contributed by atoms with van der Waals surface area (Å²) in [5.41, 5.74) is 2.60. The average molecular weight is 168 g/mol. The van der Waals surface area contributed by atoms with E-state index in [-0.39, 0.29) is 16.9 Å². The maximum Gasteiger partial charge on any atom is 0.0716 e. The molecule has 0 atom stereocenters. The van der Waals surface area contributed by atoms with Crippen molar-refractivity contribution in [2.75, 3.05) is 0 Å². The van der Waals surface area contributed by atoms with Crippen LogP contribution in [-0.4, -0.2) is 11.2 Å². The van der Waals surface area contributed by atoms with Gasteiger partial charge < -0.3 is 5.11 Å². The summed E-state index contributed by atoms with van der Waals surface area (Å²) in [7, 11) is 0. The zero-order chi connectivity index (χ0) is 9.73. The summed E-state index contributed by atoms with van der Waals surface area (Å²) in [4.78, 5) is 0. The molecule has 1 rings (SSSR count). The van der Waals surface area contributed by atoms with Gasteiger partial charge in [0, 0.05) is 10.8 Å². The Hall–Kier alpha value is -0.300. The smallest absolute Gasteiger partial charge is 0.0716 e. The lowest BCUT2D eigenvalue weighted by molar-refractivity contribution is 0.0158. The van der Waals surface area contributed by atoms with E-state index in [9.17, 15) is 5.11 Å². The Bertz CT molecular complexity index is 209. The lowest BCUT2D eigenvalue weighted by atomic mass is 9.77. The van der Waals surface area contributed by atoms with Crippen LogP contribution in [0.2, 0.25) is 0 Å². The SMILES string of the molecule is CC1=C(C)C(C)(C)C(O)C1(C)C. The van der Waals surface area contributed by atoms with E-state index in [4.69, 9.17) is 0 Å². The largest absolute Gasteiger partial charge is 0.391 e. The minimum absolute atomic E-state index is 0.0480. The summed E-state index contributed by atoms with van der Waals surface area (Å²) < 4.78 is 0. The van der Waals surface area contributed by atoms with Crippen LogP contribution in [0.3, 0.4) is 0 Å². The van der Waals surface area contributed by atoms with Gasteiger partial charge in [0.05, 0.1) is 6.10 Å². The van der Waals surface area contributed by atoms with E-state index in [1.807, 2.05) is 0 Å². The first kappa shape index (κ1) is 9.79. The Kier molecular flexibility index (Phi) is 1.92. The van der Waals surface area contributed by atoms with Gasteiger partial charge in [0.1, 0.15) is 0 Å². The van der Waals surface area contributed by atoms with Crippen LogP contribution >= 0.6 is 0 Å². The van der Waals surface area contributed by atoms with Crippen LogP contribution in [0, 0.1) is 10.8 Å². The summed E-state index contributed by atoms with van der Waals surface area (Å²) in [6.07, 6.45) is -0.245. The minimum Gasteiger partial charge on any atom is -0.391 e. The fourth-order valence-electron chi connectivity index (χ4n) is 2.28. The Labute approximate surface area is 75.5 Å². The van der Waals surface area contributed by atoms with Gasteiger partial charge in [0.2, 0.25) is 0 Å². The van der Waals surface area contributed by atoms with Gasteiger partial charge in [0.25, 0.3) is 0 Å². The molecule has 0 heterocycles. The summed E-state index contributed by atoms with van der Waals surface area (Å²) in [5.74, 6) is 0. The van der Waals surface area contributed by atoms with Gasteiger partial charge in [0.15, 0.2) is 0 Å². The Balaban J connectivity index is 3.22. The highest BCUT2D eigenvalue weighted by molar-refractivity contribution is 5.33. The summed E-state index contributed by atoms with van der Waals surface area (Å²) in [6.45, 7) is 12.7. The van der Waals surface area contributed by atoms with Crippen molar-refractivity contribution in [3.05, 3.63) is 11.1 Å². The molecular weight excluding hydrogens is 148 g/mol. The van der Waals surface area contributed by atoms with Crippen molar-refractivity contribution in [2.24, 2.45) is 10.8 Å². The molecule has 0 spiro atoms. The van der Waals surface area contributed by atoms with Crippen LogP contribution in [-0.2, 0) is 0 Å². The summed E-state index contributed by atoms with van der Waals surface area (Å²) in [6, 6.07) is 0. The van der Waals surface area contributed by atoms with Crippen LogP contribution in [0.4, 0.5) is 0 Å². The van der Waals surface area contributed by atoms with E-state index < -0.39 is 0 Å². The van der Waals surface area contributed by atoms with E-state index in [0.717, 1.165) is 0 Å². The van der Waals surface area contributed by atoms with E-state index in [1.54, 1.807) is 0 Å². The third-order valence-corrected chi connectivity index (χ3v) is 3.86. The molecule has 1 heteroatoms. The first-order valence-corrected chi connectivity index (χ1v) is 4.59. The van der Waals surface area contributed by atoms with Crippen molar-refractivity contribution in [1.29, 1.82) is 0 Å². The van der Waals surface area contributed by atoms with Crippen molar-refractivity contribution >= 4 is 0 Å². The van der Waals surface area contributed by atoms with Gasteiger partial charge in [-0.1, -0.05) is 38.8 Å². The van der Waals surface area contributed by atoms with Crippen molar-refractivity contribution in [1.82, 2.24) is 0 Å². The molecule has 0 saturated heterocycles. The molecule has 0 unspecified atom stereocenters. The molecule has 0 aromatic rings. The molecule has 1 nitrogen and oxygen atoms in total. The third-order valence-electron chi connectivity index (χ3n) is 3.86. The molecule has 0 fully saturated rings. The molecule has 1 N–H and O–H groups in total. The topological polar surface area (TPSA) is 20.2 Å². The second kappa shape index (κ2) is 2.35. The molecule has 0 aromatic carbocycles. The minimum atomic E-state index is -0.245. The normalized spacial score (nSPS) is 28.2. The second-order valence-corrected chi connectivity index (χ2v) is 5.10. The highest BCUT2D eigenvalue weighted by atomic mass is 16.3. The highest BCUT2D eigenvalue weighted by Crippen LogP contribution is 2.52. The quantitative estimate of drug-likeness (QED) is 0.551. The maximum atomic E-state index is 10.1. The molecule has 0 aromatic heterocycles. The van der Waals surface area contributed by atoms with E-state index in [0.29, 0.717) is 0 Å². The number of rotatable bonds is 0. The Morgan fingerprint density at radius 1 is 0.917 bits per heavy atom. The molecule has 0 aliphatic heterocycles. The van der Waals surface area contributed by atoms with Crippen LogP contribution in [0.1, 0.15) is 41.5 Å². The molecule has 12 heavy (non-hydrogen) atoms. The van der Waals surface area contributed by atoms with E-state index >= 15 is 0 Å². The average Bonchev–Trinajstić information content (AvgIpc) is 2.06. The van der Waals surface area contributed by atoms with E-state index in [1.165, 1.54) is 11.1 Å². The van der Waals surface area contributed by atoms with Gasteiger partial charge >= 0.3 is 0 Å². The first-order chi connectivity index (χ1) is 5.22. The summed E-state index contributed by atoms with van der Waals surface area (Å²) >= 11 is 0. The maximum absolute atomic E-state index is 10.1. The predicted octanol–water partition coefficient (Wildman–Crippen LogP) is 2.75. The molecule has 0 radical (unpaired) electrons. The molecule has 1 aliphatic rings. The molecular formula is C11H20O. The first-order valence-electron chi connectivity index (χ1n) is 4.59. The predicted molar refractivity (Wildman–Crippen MR) is 51.9 cm³/mol. The van der Waals surface area contributed by atoms with Crippen molar-refractivity contribution < 1.29 is 5.11 Å². The standard InChI is InChI=1S/C11H20O/c1-7-8(2)11(5,6)9(12)10(7,3)4/h9,12H,1-6H3. The number of aliphatic hydroxyl groups is 1. The molecule has 70 valence electrons. The van der Waals surface area contributed by atoms with Gasteiger partial charge in [-0.25, -0.2) is 0 Å². The third kappa shape index (κ3) is 0.957. The zero-order valence-electron chi connectivity index (χ0n) is 9.02. The van der Waals surface area contributed by atoms with Crippen LogP contribution < -0.4 is 0 Å². The lowest BCUT2D eigenvalue weighted by Crippen LogP contribution is -2.35. The van der Waals surface area contributed by atoms with Gasteiger partial charge in [-0.05, 0) is 13.8 Å². The van der Waals surface area contributed by atoms with Gasteiger partial charge in [-0.15, -0.1) is 0 Å². The van der Waals surface area contributed by atoms with Gasteiger partial charge in [-0.2, -0.15) is 0 Å². The molecule has 0 saturated carbocycles.